The Labute approximate surface area is 124 Å². The van der Waals surface area contributed by atoms with E-state index < -0.39 is 5.82 Å². The summed E-state index contributed by atoms with van der Waals surface area (Å²) in [6, 6.07) is 2.38. The standard InChI is InChI=1S/C16H22FNO3/c1-11(19)15-8-14(17)7-13(16(15)20)10-18(2)9-12-3-5-21-6-4-12/h7-8,12,20H,3-6,9-10H2,1-2H3. The number of aromatic hydroxyl groups is 1. The molecule has 1 aliphatic rings. The smallest absolute Gasteiger partial charge is 0.163 e. The molecule has 0 amide bonds. The quantitative estimate of drug-likeness (QED) is 0.848. The van der Waals surface area contributed by atoms with Gasteiger partial charge in [0.25, 0.3) is 0 Å². The van der Waals surface area contributed by atoms with Gasteiger partial charge in [0.1, 0.15) is 11.6 Å². The van der Waals surface area contributed by atoms with E-state index in [9.17, 15) is 14.3 Å². The van der Waals surface area contributed by atoms with Gasteiger partial charge < -0.3 is 14.7 Å². The number of ether oxygens (including phenoxy) is 1. The lowest BCUT2D eigenvalue weighted by molar-refractivity contribution is 0.0548. The van der Waals surface area contributed by atoms with Gasteiger partial charge in [-0.3, -0.25) is 4.79 Å². The molecule has 1 aromatic rings. The minimum absolute atomic E-state index is 0.0458. The number of Topliss-reactive ketones (excluding diaryl/α,β-unsaturated/α-hetero) is 1. The number of carbonyl (C=O) groups is 1. The monoisotopic (exact) mass is 295 g/mol. The molecule has 0 bridgehead atoms. The van der Waals surface area contributed by atoms with Crippen molar-refractivity contribution in [2.75, 3.05) is 26.8 Å². The first-order chi connectivity index (χ1) is 9.97. The van der Waals surface area contributed by atoms with E-state index in [0.29, 0.717) is 18.0 Å². The molecule has 1 heterocycles. The summed E-state index contributed by atoms with van der Waals surface area (Å²) in [4.78, 5) is 13.5. The van der Waals surface area contributed by atoms with Crippen LogP contribution in [0.5, 0.6) is 5.75 Å². The molecule has 5 heteroatoms. The fraction of sp³-hybridized carbons (Fsp3) is 0.562. The van der Waals surface area contributed by atoms with Crippen molar-refractivity contribution in [3.63, 3.8) is 0 Å². The second-order valence-corrected chi connectivity index (χ2v) is 5.77. The second-order valence-electron chi connectivity index (χ2n) is 5.77. The summed E-state index contributed by atoms with van der Waals surface area (Å²) in [6.45, 7) is 4.19. The van der Waals surface area contributed by atoms with Gasteiger partial charge in [-0.15, -0.1) is 0 Å². The predicted octanol–water partition coefficient (Wildman–Crippen LogP) is 2.59. The third-order valence-corrected chi connectivity index (χ3v) is 3.88. The highest BCUT2D eigenvalue weighted by Gasteiger charge is 2.18. The van der Waals surface area contributed by atoms with Gasteiger partial charge in [-0.2, -0.15) is 0 Å². The van der Waals surface area contributed by atoms with Crippen LogP contribution in [0, 0.1) is 11.7 Å². The third-order valence-electron chi connectivity index (χ3n) is 3.88. The fourth-order valence-corrected chi connectivity index (χ4v) is 2.77. The topological polar surface area (TPSA) is 49.8 Å². The molecule has 1 saturated heterocycles. The van der Waals surface area contributed by atoms with Crippen LogP contribution in [0.15, 0.2) is 12.1 Å². The Bertz CT molecular complexity index is 512. The summed E-state index contributed by atoms with van der Waals surface area (Å²) >= 11 is 0. The van der Waals surface area contributed by atoms with Gasteiger partial charge >= 0.3 is 0 Å². The molecule has 0 saturated carbocycles. The maximum Gasteiger partial charge on any atom is 0.163 e. The number of phenols is 1. The lowest BCUT2D eigenvalue weighted by Crippen LogP contribution is -2.29. The van der Waals surface area contributed by atoms with Crippen molar-refractivity contribution in [3.05, 3.63) is 29.1 Å². The van der Waals surface area contributed by atoms with Gasteiger partial charge in [0.2, 0.25) is 0 Å². The van der Waals surface area contributed by atoms with Crippen LogP contribution in [0.4, 0.5) is 4.39 Å². The van der Waals surface area contributed by atoms with Crippen LogP contribution in [-0.2, 0) is 11.3 Å². The molecule has 0 spiro atoms. The van der Waals surface area contributed by atoms with E-state index in [2.05, 4.69) is 0 Å². The molecule has 1 N–H and O–H groups in total. The van der Waals surface area contributed by atoms with Crippen LogP contribution in [-0.4, -0.2) is 42.6 Å². The number of hydrogen-bond donors (Lipinski definition) is 1. The molecular formula is C16H22FNO3. The molecule has 0 unspecified atom stereocenters. The first kappa shape index (κ1) is 15.9. The largest absolute Gasteiger partial charge is 0.507 e. The minimum atomic E-state index is -0.493. The highest BCUT2D eigenvalue weighted by molar-refractivity contribution is 5.97. The van der Waals surface area contributed by atoms with Crippen LogP contribution in [0.1, 0.15) is 35.7 Å². The maximum absolute atomic E-state index is 13.6. The highest BCUT2D eigenvalue weighted by Crippen LogP contribution is 2.26. The van der Waals surface area contributed by atoms with Gasteiger partial charge in [-0.1, -0.05) is 0 Å². The molecular weight excluding hydrogens is 273 g/mol. The number of hydrogen-bond acceptors (Lipinski definition) is 4. The normalized spacial score (nSPS) is 16.4. The number of nitrogens with zero attached hydrogens (tertiary/aromatic N) is 1. The molecule has 116 valence electrons. The Hall–Kier alpha value is -1.46. The zero-order valence-corrected chi connectivity index (χ0v) is 12.6. The summed E-state index contributed by atoms with van der Waals surface area (Å²) in [5, 5.41) is 10.1. The van der Waals surface area contributed by atoms with Gasteiger partial charge in [-0.25, -0.2) is 4.39 Å². The van der Waals surface area contributed by atoms with Gasteiger partial charge in [-0.05, 0) is 44.9 Å². The molecule has 2 rings (SSSR count). The Balaban J connectivity index is 2.06. The molecule has 1 fully saturated rings. The van der Waals surface area contributed by atoms with Crippen molar-refractivity contribution >= 4 is 5.78 Å². The minimum Gasteiger partial charge on any atom is -0.507 e. The van der Waals surface area contributed by atoms with E-state index in [-0.39, 0.29) is 17.1 Å². The molecule has 0 aliphatic carbocycles. The number of halogens is 1. The van der Waals surface area contributed by atoms with Crippen molar-refractivity contribution in [1.82, 2.24) is 4.90 Å². The van der Waals surface area contributed by atoms with Crippen LogP contribution < -0.4 is 0 Å². The van der Waals surface area contributed by atoms with E-state index in [4.69, 9.17) is 4.74 Å². The Kier molecular flexibility index (Phi) is 5.31. The number of phenolic OH excluding ortho intramolecular Hbond substituents is 1. The Morgan fingerprint density at radius 1 is 1.43 bits per heavy atom. The van der Waals surface area contributed by atoms with Crippen LogP contribution >= 0.6 is 0 Å². The van der Waals surface area contributed by atoms with Crippen molar-refractivity contribution in [2.45, 2.75) is 26.3 Å². The summed E-state index contributed by atoms with van der Waals surface area (Å²) in [7, 11) is 1.94. The zero-order chi connectivity index (χ0) is 15.4. The molecule has 21 heavy (non-hydrogen) atoms. The molecule has 0 aromatic heterocycles. The van der Waals surface area contributed by atoms with Crippen molar-refractivity contribution in [1.29, 1.82) is 0 Å². The van der Waals surface area contributed by atoms with Gasteiger partial charge in [0, 0.05) is 31.9 Å². The number of ketones is 1. The van der Waals surface area contributed by atoms with Crippen molar-refractivity contribution in [2.24, 2.45) is 5.92 Å². The zero-order valence-electron chi connectivity index (χ0n) is 12.6. The van der Waals surface area contributed by atoms with Gasteiger partial charge in [0.15, 0.2) is 5.78 Å². The average molecular weight is 295 g/mol. The van der Waals surface area contributed by atoms with E-state index in [1.54, 1.807) is 0 Å². The molecule has 1 aliphatic heterocycles. The number of rotatable bonds is 5. The third kappa shape index (κ3) is 4.25. The Morgan fingerprint density at radius 3 is 2.71 bits per heavy atom. The summed E-state index contributed by atoms with van der Waals surface area (Å²) in [5.74, 6) is -0.373. The van der Waals surface area contributed by atoms with E-state index in [0.717, 1.165) is 38.7 Å². The first-order valence-corrected chi connectivity index (χ1v) is 7.26. The SMILES string of the molecule is CC(=O)c1cc(F)cc(CN(C)CC2CCOCC2)c1O. The summed E-state index contributed by atoms with van der Waals surface area (Å²) < 4.78 is 18.9. The van der Waals surface area contributed by atoms with Crippen LogP contribution in [0.3, 0.4) is 0 Å². The Morgan fingerprint density at radius 2 is 2.10 bits per heavy atom. The van der Waals surface area contributed by atoms with Crippen LogP contribution in [0.2, 0.25) is 0 Å². The van der Waals surface area contributed by atoms with Crippen LogP contribution in [0.25, 0.3) is 0 Å². The maximum atomic E-state index is 13.6. The molecule has 0 atom stereocenters. The summed E-state index contributed by atoms with van der Waals surface area (Å²) in [5.41, 5.74) is 0.499. The van der Waals surface area contributed by atoms with Crippen molar-refractivity contribution < 1.29 is 19.0 Å². The van der Waals surface area contributed by atoms with Gasteiger partial charge in [0.05, 0.1) is 5.56 Å². The predicted molar refractivity (Wildman–Crippen MR) is 77.9 cm³/mol. The highest BCUT2D eigenvalue weighted by atomic mass is 19.1. The first-order valence-electron chi connectivity index (χ1n) is 7.26. The molecule has 4 nitrogen and oxygen atoms in total. The lowest BCUT2D eigenvalue weighted by atomic mass is 9.99. The molecule has 0 radical (unpaired) electrons. The molecule has 1 aromatic carbocycles. The van der Waals surface area contributed by atoms with E-state index in [1.165, 1.54) is 13.0 Å². The number of carbonyl (C=O) groups excluding carboxylic acids is 1. The van der Waals surface area contributed by atoms with E-state index >= 15 is 0 Å². The average Bonchev–Trinajstić information content (AvgIpc) is 2.43. The number of benzene rings is 1. The lowest BCUT2D eigenvalue weighted by Gasteiger charge is -2.27. The fourth-order valence-electron chi connectivity index (χ4n) is 2.77. The summed E-state index contributed by atoms with van der Waals surface area (Å²) in [6.07, 6.45) is 2.05. The van der Waals surface area contributed by atoms with E-state index in [1.807, 2.05) is 11.9 Å². The second kappa shape index (κ2) is 7.00. The van der Waals surface area contributed by atoms with Crippen molar-refractivity contribution in [3.8, 4) is 5.75 Å².